The Morgan fingerprint density at radius 1 is 1.30 bits per heavy atom. The van der Waals surface area contributed by atoms with Gasteiger partial charge in [0, 0.05) is 30.1 Å². The molecule has 2 N–H and O–H groups in total. The Morgan fingerprint density at radius 3 is 2.90 bits per heavy atom. The number of hydrogen-bond donors (Lipinski definition) is 1. The minimum absolute atomic E-state index is 0.208. The summed E-state index contributed by atoms with van der Waals surface area (Å²) in [6.45, 7) is 4.42. The minimum atomic E-state index is 0.208. The maximum atomic E-state index is 6.36. The monoisotopic (exact) mass is 286 g/mol. The van der Waals surface area contributed by atoms with Crippen molar-refractivity contribution in [1.82, 2.24) is 4.90 Å². The number of nitrogens with zero attached hydrogens (tertiary/aromatic N) is 1. The smallest absolute Gasteiger partial charge is 0.0331 e. The van der Waals surface area contributed by atoms with Crippen molar-refractivity contribution in [2.75, 3.05) is 13.1 Å². The average Bonchev–Trinajstić information content (AvgIpc) is 2.92. The molecule has 0 bridgehead atoms. The van der Waals surface area contributed by atoms with Crippen LogP contribution in [0.15, 0.2) is 41.8 Å². The molecule has 20 heavy (non-hydrogen) atoms. The Hall–Kier alpha value is -1.16. The van der Waals surface area contributed by atoms with Gasteiger partial charge in [-0.2, -0.15) is 0 Å². The second kappa shape index (κ2) is 6.08. The van der Waals surface area contributed by atoms with Crippen molar-refractivity contribution < 1.29 is 0 Å². The van der Waals surface area contributed by atoms with Gasteiger partial charge >= 0.3 is 0 Å². The highest BCUT2D eigenvalue weighted by Crippen LogP contribution is 2.32. The third-order valence-corrected chi connectivity index (χ3v) is 5.21. The molecular weight excluding hydrogens is 264 g/mol. The second-order valence-electron chi connectivity index (χ2n) is 5.67. The molecule has 0 spiro atoms. The van der Waals surface area contributed by atoms with Gasteiger partial charge in [-0.1, -0.05) is 30.3 Å². The zero-order valence-corrected chi connectivity index (χ0v) is 12.8. The molecule has 3 rings (SSSR count). The van der Waals surface area contributed by atoms with E-state index in [2.05, 4.69) is 53.6 Å². The molecular formula is C17H22N2S. The summed E-state index contributed by atoms with van der Waals surface area (Å²) in [6.07, 6.45) is 2.13. The number of hydrogen-bond acceptors (Lipinski definition) is 3. The molecule has 2 heterocycles. The molecule has 3 heteroatoms. The van der Waals surface area contributed by atoms with Crippen LogP contribution in [0.5, 0.6) is 0 Å². The van der Waals surface area contributed by atoms with Crippen molar-refractivity contribution >= 4 is 11.3 Å². The van der Waals surface area contributed by atoms with E-state index >= 15 is 0 Å². The summed E-state index contributed by atoms with van der Waals surface area (Å²) >= 11 is 1.89. The Labute approximate surface area is 125 Å². The zero-order valence-electron chi connectivity index (χ0n) is 12.0. The number of thiophene rings is 1. The lowest BCUT2D eigenvalue weighted by molar-refractivity contribution is 0.187. The molecule has 2 atom stereocenters. The first-order valence-electron chi connectivity index (χ1n) is 7.34. The molecule has 2 nitrogen and oxygen atoms in total. The van der Waals surface area contributed by atoms with Gasteiger partial charge in [0.15, 0.2) is 0 Å². The van der Waals surface area contributed by atoms with Crippen LogP contribution >= 0.6 is 11.3 Å². The molecule has 2 unspecified atom stereocenters. The van der Waals surface area contributed by atoms with Crippen molar-refractivity contribution in [3.63, 3.8) is 0 Å². The van der Waals surface area contributed by atoms with Crippen LogP contribution < -0.4 is 5.73 Å². The molecule has 0 saturated carbocycles. The summed E-state index contributed by atoms with van der Waals surface area (Å²) < 4.78 is 0. The van der Waals surface area contributed by atoms with Crippen LogP contribution in [0.1, 0.15) is 29.0 Å². The molecule has 106 valence electrons. The van der Waals surface area contributed by atoms with E-state index in [1.165, 1.54) is 17.5 Å². The van der Waals surface area contributed by atoms with E-state index < -0.39 is 0 Å². The lowest BCUT2D eigenvalue weighted by atomic mass is 9.99. The fourth-order valence-electron chi connectivity index (χ4n) is 3.09. The Bertz CT molecular complexity index is 549. The van der Waals surface area contributed by atoms with Gasteiger partial charge in [0.2, 0.25) is 0 Å². The van der Waals surface area contributed by atoms with E-state index in [1.54, 1.807) is 4.88 Å². The molecule has 0 aliphatic carbocycles. The summed E-state index contributed by atoms with van der Waals surface area (Å²) in [4.78, 5) is 4.09. The standard InChI is InChI=1S/C17H22N2S/c1-13-16-8-10-20-17(16)7-9-19(13)12-15(18)11-14-5-3-2-4-6-14/h2-6,8,10,13,15H,7,9,11-12,18H2,1H3. The van der Waals surface area contributed by atoms with Crippen molar-refractivity contribution in [1.29, 1.82) is 0 Å². The summed E-state index contributed by atoms with van der Waals surface area (Å²) in [5, 5.41) is 2.22. The van der Waals surface area contributed by atoms with Crippen LogP contribution in [0, 0.1) is 0 Å². The Morgan fingerprint density at radius 2 is 2.10 bits per heavy atom. The van der Waals surface area contributed by atoms with Gasteiger partial charge in [-0.05, 0) is 42.3 Å². The normalized spacial score (nSPS) is 20.6. The molecule has 1 aliphatic rings. The van der Waals surface area contributed by atoms with Gasteiger partial charge in [-0.15, -0.1) is 11.3 Å². The average molecular weight is 286 g/mol. The number of rotatable bonds is 4. The van der Waals surface area contributed by atoms with Gasteiger partial charge in [0.05, 0.1) is 0 Å². The largest absolute Gasteiger partial charge is 0.326 e. The Balaban J connectivity index is 1.61. The van der Waals surface area contributed by atoms with Crippen molar-refractivity contribution in [3.05, 3.63) is 57.8 Å². The lowest BCUT2D eigenvalue weighted by Gasteiger charge is -2.35. The summed E-state index contributed by atoms with van der Waals surface area (Å²) in [5.41, 5.74) is 9.20. The van der Waals surface area contributed by atoms with Crippen LogP contribution in [0.25, 0.3) is 0 Å². The molecule has 1 aromatic heterocycles. The van der Waals surface area contributed by atoms with Crippen molar-refractivity contribution in [3.8, 4) is 0 Å². The minimum Gasteiger partial charge on any atom is -0.326 e. The fourth-order valence-corrected chi connectivity index (χ4v) is 4.06. The summed E-state index contributed by atoms with van der Waals surface area (Å²) in [6, 6.07) is 13.5. The third-order valence-electron chi connectivity index (χ3n) is 4.21. The fraction of sp³-hybridized carbons (Fsp3) is 0.412. The molecule has 2 aromatic rings. The first-order valence-corrected chi connectivity index (χ1v) is 8.22. The highest BCUT2D eigenvalue weighted by molar-refractivity contribution is 7.10. The van der Waals surface area contributed by atoms with Gasteiger partial charge < -0.3 is 5.73 Å². The van der Waals surface area contributed by atoms with Gasteiger partial charge in [-0.3, -0.25) is 4.90 Å². The Kier molecular flexibility index (Phi) is 4.20. The number of fused-ring (bicyclic) bond motifs is 1. The molecule has 0 radical (unpaired) electrons. The van der Waals surface area contributed by atoms with Crippen LogP contribution in [-0.4, -0.2) is 24.0 Å². The maximum absolute atomic E-state index is 6.36. The van der Waals surface area contributed by atoms with E-state index in [-0.39, 0.29) is 6.04 Å². The summed E-state index contributed by atoms with van der Waals surface area (Å²) in [7, 11) is 0. The van der Waals surface area contributed by atoms with E-state index in [9.17, 15) is 0 Å². The van der Waals surface area contributed by atoms with Gasteiger partial charge in [0.25, 0.3) is 0 Å². The predicted octanol–water partition coefficient (Wildman–Crippen LogP) is 3.24. The SMILES string of the molecule is CC1c2ccsc2CCN1CC(N)Cc1ccccc1. The van der Waals surface area contributed by atoms with Crippen LogP contribution in [0.3, 0.4) is 0 Å². The van der Waals surface area contributed by atoms with Crippen molar-refractivity contribution in [2.24, 2.45) is 5.73 Å². The van der Waals surface area contributed by atoms with Gasteiger partial charge in [-0.25, -0.2) is 0 Å². The topological polar surface area (TPSA) is 29.3 Å². The van der Waals surface area contributed by atoms with E-state index in [0.29, 0.717) is 6.04 Å². The molecule has 1 aromatic carbocycles. The highest BCUT2D eigenvalue weighted by Gasteiger charge is 2.25. The summed E-state index contributed by atoms with van der Waals surface area (Å²) in [5.74, 6) is 0. The molecule has 0 saturated heterocycles. The van der Waals surface area contributed by atoms with E-state index in [0.717, 1.165) is 19.5 Å². The van der Waals surface area contributed by atoms with E-state index in [1.807, 2.05) is 11.3 Å². The predicted molar refractivity (Wildman–Crippen MR) is 86.1 cm³/mol. The number of benzene rings is 1. The van der Waals surface area contributed by atoms with Crippen LogP contribution in [-0.2, 0) is 12.8 Å². The maximum Gasteiger partial charge on any atom is 0.0331 e. The lowest BCUT2D eigenvalue weighted by Crippen LogP contribution is -2.42. The highest BCUT2D eigenvalue weighted by atomic mass is 32.1. The van der Waals surface area contributed by atoms with Crippen LogP contribution in [0.4, 0.5) is 0 Å². The third kappa shape index (κ3) is 2.95. The van der Waals surface area contributed by atoms with E-state index in [4.69, 9.17) is 5.73 Å². The van der Waals surface area contributed by atoms with Crippen LogP contribution in [0.2, 0.25) is 0 Å². The molecule has 0 amide bonds. The molecule has 0 fully saturated rings. The second-order valence-corrected chi connectivity index (χ2v) is 6.67. The molecule has 1 aliphatic heterocycles. The quantitative estimate of drug-likeness (QED) is 0.935. The number of nitrogens with two attached hydrogens (primary N) is 1. The van der Waals surface area contributed by atoms with Gasteiger partial charge in [0.1, 0.15) is 0 Å². The first kappa shape index (κ1) is 13.8. The van der Waals surface area contributed by atoms with Crippen molar-refractivity contribution in [2.45, 2.75) is 31.8 Å². The zero-order chi connectivity index (χ0) is 13.9. The first-order chi connectivity index (χ1) is 9.74.